The van der Waals surface area contributed by atoms with Crippen LogP contribution >= 0.6 is 24.0 Å². The van der Waals surface area contributed by atoms with Crippen molar-refractivity contribution in [2.75, 3.05) is 13.1 Å². The first-order chi connectivity index (χ1) is 10.6. The van der Waals surface area contributed by atoms with Gasteiger partial charge >= 0.3 is 0 Å². The van der Waals surface area contributed by atoms with E-state index in [1.165, 1.54) is 12.0 Å². The Kier molecular flexibility index (Phi) is 8.73. The Labute approximate surface area is 157 Å². The van der Waals surface area contributed by atoms with Crippen LogP contribution in [0.2, 0.25) is 0 Å². The van der Waals surface area contributed by atoms with Gasteiger partial charge in [0.15, 0.2) is 5.96 Å². The molecule has 0 radical (unpaired) electrons. The van der Waals surface area contributed by atoms with Crippen molar-refractivity contribution in [1.29, 1.82) is 0 Å². The maximum Gasteiger partial charge on any atom is 0.191 e. The highest BCUT2D eigenvalue weighted by Gasteiger charge is 2.33. The fourth-order valence-corrected chi connectivity index (χ4v) is 2.32. The molecule has 4 nitrogen and oxygen atoms in total. The molecule has 2 rings (SSSR count). The number of aliphatic imine (C=N–C) groups is 1. The quantitative estimate of drug-likeness (QED) is 0.394. The van der Waals surface area contributed by atoms with Crippen LogP contribution in [0.5, 0.6) is 5.75 Å². The number of halogens is 1. The van der Waals surface area contributed by atoms with Gasteiger partial charge in [-0.05, 0) is 57.2 Å². The maximum absolute atomic E-state index is 5.66. The molecule has 1 aromatic rings. The van der Waals surface area contributed by atoms with Gasteiger partial charge in [0.2, 0.25) is 0 Å². The van der Waals surface area contributed by atoms with Crippen molar-refractivity contribution >= 4 is 29.9 Å². The Balaban J connectivity index is 0.00000264. The van der Waals surface area contributed by atoms with Gasteiger partial charge in [0.1, 0.15) is 5.75 Å². The molecule has 5 heteroatoms. The normalized spacial score (nSPS) is 20.0. The van der Waals surface area contributed by atoms with Crippen molar-refractivity contribution in [2.24, 2.45) is 10.9 Å². The standard InChI is InChI=1S/C18H29N3O.HI/c1-5-19-18(21-17-12-14(17)4)20-11-10-15-6-8-16(9-7-15)22-13(2)3;/h6-9,13-14,17H,5,10-12H2,1-4H3,(H2,19,20,21);1H. The van der Waals surface area contributed by atoms with Gasteiger partial charge in [-0.15, -0.1) is 24.0 Å². The predicted molar refractivity (Wildman–Crippen MR) is 108 cm³/mol. The molecule has 0 saturated heterocycles. The molecule has 0 amide bonds. The van der Waals surface area contributed by atoms with Crippen LogP contribution in [0.25, 0.3) is 0 Å². The summed E-state index contributed by atoms with van der Waals surface area (Å²) in [6.45, 7) is 10.1. The summed E-state index contributed by atoms with van der Waals surface area (Å²) >= 11 is 0. The first kappa shape index (κ1) is 20.1. The third kappa shape index (κ3) is 7.42. The molecular weight excluding hydrogens is 401 g/mol. The van der Waals surface area contributed by atoms with Gasteiger partial charge in [0.05, 0.1) is 6.10 Å². The van der Waals surface area contributed by atoms with Crippen molar-refractivity contribution in [3.63, 3.8) is 0 Å². The predicted octanol–water partition coefficient (Wildman–Crippen LogP) is 3.60. The fraction of sp³-hybridized carbons (Fsp3) is 0.611. The van der Waals surface area contributed by atoms with Gasteiger partial charge in [0.25, 0.3) is 0 Å². The summed E-state index contributed by atoms with van der Waals surface area (Å²) in [5.41, 5.74) is 1.29. The molecule has 23 heavy (non-hydrogen) atoms. The Morgan fingerprint density at radius 1 is 1.30 bits per heavy atom. The third-order valence-corrected chi connectivity index (χ3v) is 3.74. The van der Waals surface area contributed by atoms with Crippen molar-refractivity contribution in [3.05, 3.63) is 29.8 Å². The molecule has 130 valence electrons. The molecular formula is C18H30IN3O. The first-order valence-corrected chi connectivity index (χ1v) is 8.39. The Morgan fingerprint density at radius 2 is 1.96 bits per heavy atom. The second kappa shape index (κ2) is 10.0. The van der Waals surface area contributed by atoms with Crippen LogP contribution in [0.4, 0.5) is 0 Å². The zero-order valence-electron chi connectivity index (χ0n) is 14.6. The number of hydrogen-bond donors (Lipinski definition) is 2. The fourth-order valence-electron chi connectivity index (χ4n) is 2.32. The topological polar surface area (TPSA) is 45.7 Å². The molecule has 0 bridgehead atoms. The molecule has 0 spiro atoms. The molecule has 0 aliphatic heterocycles. The van der Waals surface area contributed by atoms with Crippen LogP contribution in [-0.2, 0) is 6.42 Å². The van der Waals surface area contributed by atoms with Crippen LogP contribution in [0.15, 0.2) is 29.3 Å². The number of rotatable bonds is 7. The third-order valence-electron chi connectivity index (χ3n) is 3.74. The van der Waals surface area contributed by atoms with E-state index in [0.29, 0.717) is 6.04 Å². The lowest BCUT2D eigenvalue weighted by Crippen LogP contribution is -2.39. The van der Waals surface area contributed by atoms with E-state index < -0.39 is 0 Å². The van der Waals surface area contributed by atoms with E-state index in [9.17, 15) is 0 Å². The van der Waals surface area contributed by atoms with Crippen LogP contribution in [-0.4, -0.2) is 31.2 Å². The van der Waals surface area contributed by atoms with Gasteiger partial charge in [0, 0.05) is 19.1 Å². The highest BCUT2D eigenvalue weighted by Crippen LogP contribution is 2.28. The minimum absolute atomic E-state index is 0. The zero-order chi connectivity index (χ0) is 15.9. The number of benzene rings is 1. The summed E-state index contributed by atoms with van der Waals surface area (Å²) in [6, 6.07) is 8.92. The monoisotopic (exact) mass is 431 g/mol. The molecule has 1 saturated carbocycles. The summed E-state index contributed by atoms with van der Waals surface area (Å²) < 4.78 is 5.66. The number of ether oxygens (including phenoxy) is 1. The van der Waals surface area contributed by atoms with Gasteiger partial charge < -0.3 is 15.4 Å². The number of nitrogens with zero attached hydrogens (tertiary/aromatic N) is 1. The van der Waals surface area contributed by atoms with E-state index in [-0.39, 0.29) is 30.1 Å². The van der Waals surface area contributed by atoms with Crippen molar-refractivity contribution < 1.29 is 4.74 Å². The molecule has 2 N–H and O–H groups in total. The largest absolute Gasteiger partial charge is 0.491 e. The van der Waals surface area contributed by atoms with Crippen LogP contribution in [0.3, 0.4) is 0 Å². The summed E-state index contributed by atoms with van der Waals surface area (Å²) in [7, 11) is 0. The van der Waals surface area contributed by atoms with Gasteiger partial charge in [-0.2, -0.15) is 0 Å². The van der Waals surface area contributed by atoms with Crippen LogP contribution in [0.1, 0.15) is 39.7 Å². The van der Waals surface area contributed by atoms with Gasteiger partial charge in [-0.1, -0.05) is 19.1 Å². The van der Waals surface area contributed by atoms with E-state index in [0.717, 1.165) is 37.1 Å². The molecule has 1 aliphatic rings. The van der Waals surface area contributed by atoms with Crippen molar-refractivity contribution in [1.82, 2.24) is 10.6 Å². The van der Waals surface area contributed by atoms with Crippen LogP contribution in [0, 0.1) is 5.92 Å². The van der Waals surface area contributed by atoms with E-state index in [1.807, 2.05) is 26.0 Å². The molecule has 1 aliphatic carbocycles. The first-order valence-electron chi connectivity index (χ1n) is 8.39. The lowest BCUT2D eigenvalue weighted by Gasteiger charge is -2.11. The average Bonchev–Trinajstić information content (AvgIpc) is 3.15. The Hall–Kier alpha value is -0.980. The molecule has 1 aromatic carbocycles. The zero-order valence-corrected chi connectivity index (χ0v) is 17.0. The highest BCUT2D eigenvalue weighted by molar-refractivity contribution is 14.0. The van der Waals surface area contributed by atoms with E-state index >= 15 is 0 Å². The second-order valence-electron chi connectivity index (χ2n) is 6.29. The van der Waals surface area contributed by atoms with E-state index in [4.69, 9.17) is 4.74 Å². The lowest BCUT2D eigenvalue weighted by molar-refractivity contribution is 0.242. The number of guanidine groups is 1. The van der Waals surface area contributed by atoms with Crippen LogP contribution < -0.4 is 15.4 Å². The number of nitrogens with one attached hydrogen (secondary N) is 2. The minimum Gasteiger partial charge on any atom is -0.491 e. The van der Waals surface area contributed by atoms with Gasteiger partial charge in [-0.3, -0.25) is 4.99 Å². The van der Waals surface area contributed by atoms with Crippen molar-refractivity contribution in [2.45, 2.75) is 52.7 Å². The molecule has 0 heterocycles. The molecule has 1 fully saturated rings. The smallest absolute Gasteiger partial charge is 0.191 e. The van der Waals surface area contributed by atoms with E-state index in [2.05, 4.69) is 41.6 Å². The van der Waals surface area contributed by atoms with Gasteiger partial charge in [-0.25, -0.2) is 0 Å². The van der Waals surface area contributed by atoms with Crippen molar-refractivity contribution in [3.8, 4) is 5.75 Å². The SMILES string of the molecule is CCNC(=NCCc1ccc(OC(C)C)cc1)NC1CC1C.I. The highest BCUT2D eigenvalue weighted by atomic mass is 127. The molecule has 2 unspecified atom stereocenters. The van der Waals surface area contributed by atoms with E-state index in [1.54, 1.807) is 0 Å². The average molecular weight is 431 g/mol. The summed E-state index contributed by atoms with van der Waals surface area (Å²) in [6.07, 6.45) is 2.41. The molecule has 2 atom stereocenters. The Bertz CT molecular complexity index is 488. The number of hydrogen-bond acceptors (Lipinski definition) is 2. The second-order valence-corrected chi connectivity index (χ2v) is 6.29. The summed E-state index contributed by atoms with van der Waals surface area (Å²) in [4.78, 5) is 4.66. The maximum atomic E-state index is 5.66. The summed E-state index contributed by atoms with van der Waals surface area (Å²) in [5, 5.41) is 6.79. The molecule has 0 aromatic heterocycles. The lowest BCUT2D eigenvalue weighted by atomic mass is 10.1. The minimum atomic E-state index is 0. The summed E-state index contributed by atoms with van der Waals surface area (Å²) in [5.74, 6) is 2.65. The Morgan fingerprint density at radius 3 is 2.48 bits per heavy atom.